The SMILES string of the molecule is O=C1C(Cl)=C(N2CCCCC2)C(=O)c2cc3ccccc3cc21. The van der Waals surface area contributed by atoms with E-state index < -0.39 is 0 Å². The molecule has 0 spiro atoms. The van der Waals surface area contributed by atoms with E-state index in [4.69, 9.17) is 11.6 Å². The van der Waals surface area contributed by atoms with Crippen LogP contribution >= 0.6 is 11.6 Å². The van der Waals surface area contributed by atoms with Crippen molar-refractivity contribution in [3.63, 3.8) is 0 Å². The number of piperidine rings is 1. The smallest absolute Gasteiger partial charge is 0.211 e. The van der Waals surface area contributed by atoms with Crippen LogP contribution in [0.1, 0.15) is 40.0 Å². The topological polar surface area (TPSA) is 37.4 Å². The molecule has 0 radical (unpaired) electrons. The molecule has 3 nitrogen and oxygen atoms in total. The number of hydrogen-bond donors (Lipinski definition) is 0. The lowest BCUT2D eigenvalue weighted by Gasteiger charge is -2.32. The number of ketones is 2. The summed E-state index contributed by atoms with van der Waals surface area (Å²) in [6, 6.07) is 11.3. The first-order chi connectivity index (χ1) is 11.2. The number of carbonyl (C=O) groups is 2. The number of hydrogen-bond acceptors (Lipinski definition) is 3. The molecule has 0 bridgehead atoms. The van der Waals surface area contributed by atoms with Gasteiger partial charge >= 0.3 is 0 Å². The van der Waals surface area contributed by atoms with Crippen molar-refractivity contribution < 1.29 is 9.59 Å². The van der Waals surface area contributed by atoms with E-state index in [0.717, 1.165) is 43.1 Å². The lowest BCUT2D eigenvalue weighted by Crippen LogP contribution is -2.36. The van der Waals surface area contributed by atoms with E-state index in [9.17, 15) is 9.59 Å². The van der Waals surface area contributed by atoms with E-state index in [0.29, 0.717) is 16.8 Å². The monoisotopic (exact) mass is 325 g/mol. The second-order valence-corrected chi connectivity index (χ2v) is 6.49. The first-order valence-electron chi connectivity index (χ1n) is 7.94. The van der Waals surface area contributed by atoms with Crippen LogP contribution in [0, 0.1) is 0 Å². The Kier molecular flexibility index (Phi) is 3.46. The van der Waals surface area contributed by atoms with Crippen molar-refractivity contribution in [1.29, 1.82) is 0 Å². The number of rotatable bonds is 1. The maximum Gasteiger partial charge on any atom is 0.211 e. The average molecular weight is 326 g/mol. The number of benzene rings is 2. The summed E-state index contributed by atoms with van der Waals surface area (Å²) in [5.41, 5.74) is 1.28. The van der Waals surface area contributed by atoms with Crippen LogP contribution in [-0.2, 0) is 0 Å². The quantitative estimate of drug-likeness (QED) is 0.790. The Morgan fingerprint density at radius 1 is 0.826 bits per heavy atom. The van der Waals surface area contributed by atoms with Gasteiger partial charge in [0.1, 0.15) is 10.7 Å². The molecular formula is C19H16ClNO2. The molecule has 1 aliphatic carbocycles. The lowest BCUT2D eigenvalue weighted by molar-refractivity contribution is 0.0940. The molecule has 4 rings (SSSR count). The third-order valence-electron chi connectivity index (χ3n) is 4.67. The Bertz CT molecular complexity index is 863. The molecular weight excluding hydrogens is 310 g/mol. The fraction of sp³-hybridized carbons (Fsp3) is 0.263. The van der Waals surface area contributed by atoms with Crippen molar-refractivity contribution in [2.75, 3.05) is 13.1 Å². The van der Waals surface area contributed by atoms with Gasteiger partial charge in [-0.1, -0.05) is 35.9 Å². The van der Waals surface area contributed by atoms with Crippen LogP contribution in [0.25, 0.3) is 10.8 Å². The molecule has 2 aromatic carbocycles. The molecule has 0 unspecified atom stereocenters. The molecule has 0 N–H and O–H groups in total. The van der Waals surface area contributed by atoms with Gasteiger partial charge in [0.25, 0.3) is 0 Å². The molecule has 116 valence electrons. The van der Waals surface area contributed by atoms with Crippen molar-refractivity contribution in [2.24, 2.45) is 0 Å². The zero-order chi connectivity index (χ0) is 16.0. The highest BCUT2D eigenvalue weighted by molar-refractivity contribution is 6.50. The molecule has 2 aromatic rings. The summed E-state index contributed by atoms with van der Waals surface area (Å²) in [7, 11) is 0. The molecule has 4 heteroatoms. The van der Waals surface area contributed by atoms with E-state index in [1.165, 1.54) is 0 Å². The fourth-order valence-electron chi connectivity index (χ4n) is 3.47. The molecule has 0 atom stereocenters. The molecule has 0 amide bonds. The first-order valence-corrected chi connectivity index (χ1v) is 8.31. The minimum atomic E-state index is -0.243. The van der Waals surface area contributed by atoms with Gasteiger partial charge in [-0.2, -0.15) is 0 Å². The van der Waals surface area contributed by atoms with E-state index in [-0.39, 0.29) is 16.6 Å². The van der Waals surface area contributed by atoms with Gasteiger partial charge in [0.2, 0.25) is 11.6 Å². The Labute approximate surface area is 139 Å². The van der Waals surface area contributed by atoms with E-state index in [2.05, 4.69) is 0 Å². The third kappa shape index (κ3) is 2.27. The molecule has 1 saturated heterocycles. The molecule has 1 heterocycles. The maximum atomic E-state index is 13.0. The molecule has 2 aliphatic rings. The van der Waals surface area contributed by atoms with Crippen molar-refractivity contribution in [3.05, 3.63) is 58.3 Å². The number of fused-ring (bicyclic) bond motifs is 2. The highest BCUT2D eigenvalue weighted by Crippen LogP contribution is 2.34. The van der Waals surface area contributed by atoms with Crippen molar-refractivity contribution >= 4 is 33.9 Å². The second kappa shape index (κ2) is 5.50. The van der Waals surface area contributed by atoms with Crippen LogP contribution in [0.3, 0.4) is 0 Å². The normalized spacial score (nSPS) is 18.6. The van der Waals surface area contributed by atoms with Crippen molar-refractivity contribution in [2.45, 2.75) is 19.3 Å². The zero-order valence-electron chi connectivity index (χ0n) is 12.6. The van der Waals surface area contributed by atoms with E-state index >= 15 is 0 Å². The summed E-state index contributed by atoms with van der Waals surface area (Å²) < 4.78 is 0. The zero-order valence-corrected chi connectivity index (χ0v) is 13.4. The van der Waals surface area contributed by atoms with Gasteiger partial charge in [-0.05, 0) is 42.2 Å². The van der Waals surface area contributed by atoms with E-state index in [1.54, 1.807) is 6.07 Å². The van der Waals surface area contributed by atoms with Gasteiger partial charge in [-0.3, -0.25) is 9.59 Å². The summed E-state index contributed by atoms with van der Waals surface area (Å²) in [5.74, 6) is -0.371. The largest absolute Gasteiger partial charge is 0.367 e. The number of halogens is 1. The Balaban J connectivity index is 1.87. The predicted octanol–water partition coefficient (Wildman–Crippen LogP) is 4.16. The number of allylic oxidation sites excluding steroid dienone is 2. The molecule has 23 heavy (non-hydrogen) atoms. The minimum absolute atomic E-state index is 0.0691. The molecule has 1 aliphatic heterocycles. The number of nitrogens with zero attached hydrogens (tertiary/aromatic N) is 1. The number of carbonyl (C=O) groups excluding carboxylic acids is 2. The number of Topliss-reactive ketones (excluding diaryl/α,β-unsaturated/α-hetero) is 2. The summed E-state index contributed by atoms with van der Waals surface area (Å²) in [6.07, 6.45) is 3.21. The van der Waals surface area contributed by atoms with Crippen molar-refractivity contribution in [1.82, 2.24) is 4.90 Å². The van der Waals surface area contributed by atoms with Crippen LogP contribution in [0.4, 0.5) is 0 Å². The van der Waals surface area contributed by atoms with Gasteiger partial charge in [0.05, 0.1) is 0 Å². The summed E-state index contributed by atoms with van der Waals surface area (Å²) in [5, 5.41) is 1.97. The second-order valence-electron chi connectivity index (χ2n) is 6.11. The van der Waals surface area contributed by atoms with Crippen molar-refractivity contribution in [3.8, 4) is 0 Å². The highest BCUT2D eigenvalue weighted by Gasteiger charge is 2.35. The Morgan fingerprint density at radius 3 is 2.00 bits per heavy atom. The molecule has 0 aromatic heterocycles. The fourth-order valence-corrected chi connectivity index (χ4v) is 3.78. The minimum Gasteiger partial charge on any atom is -0.367 e. The maximum absolute atomic E-state index is 13.0. The summed E-state index contributed by atoms with van der Waals surface area (Å²) in [6.45, 7) is 1.57. The van der Waals surface area contributed by atoms with Crippen LogP contribution < -0.4 is 0 Å². The van der Waals surface area contributed by atoms with Gasteiger partial charge in [0.15, 0.2) is 0 Å². The highest BCUT2D eigenvalue weighted by atomic mass is 35.5. The van der Waals surface area contributed by atoms with Gasteiger partial charge < -0.3 is 4.90 Å². The summed E-state index contributed by atoms with van der Waals surface area (Å²) >= 11 is 6.31. The van der Waals surface area contributed by atoms with Gasteiger partial charge in [0, 0.05) is 24.2 Å². The van der Waals surface area contributed by atoms with Crippen LogP contribution in [0.15, 0.2) is 47.1 Å². The summed E-state index contributed by atoms with van der Waals surface area (Å²) in [4.78, 5) is 27.6. The van der Waals surface area contributed by atoms with Crippen LogP contribution in [-0.4, -0.2) is 29.6 Å². The van der Waals surface area contributed by atoms with E-state index in [1.807, 2.05) is 35.2 Å². The Morgan fingerprint density at radius 2 is 1.39 bits per heavy atom. The lowest BCUT2D eigenvalue weighted by atomic mass is 9.89. The first kappa shape index (κ1) is 14.5. The van der Waals surface area contributed by atoms with Crippen LogP contribution in [0.2, 0.25) is 0 Å². The average Bonchev–Trinajstić information content (AvgIpc) is 2.60. The molecule has 0 saturated carbocycles. The third-order valence-corrected chi connectivity index (χ3v) is 5.02. The molecule has 1 fully saturated rings. The van der Waals surface area contributed by atoms with Gasteiger partial charge in [-0.15, -0.1) is 0 Å². The standard InChI is InChI=1S/C19H16ClNO2/c20-16-17(21-8-4-1-5-9-21)19(23)15-11-13-7-3-2-6-12(13)10-14(15)18(16)22/h2-3,6-7,10-11H,1,4-5,8-9H2. The predicted molar refractivity (Wildman–Crippen MR) is 90.9 cm³/mol. The Hall–Kier alpha value is -2.13. The van der Waals surface area contributed by atoms with Gasteiger partial charge in [-0.25, -0.2) is 0 Å². The van der Waals surface area contributed by atoms with Crippen LogP contribution in [0.5, 0.6) is 0 Å². The number of likely N-dealkylation sites (tertiary alicyclic amines) is 1.